The molecule has 106 valence electrons. The quantitative estimate of drug-likeness (QED) is 0.517. The molecule has 0 aliphatic carbocycles. The van der Waals surface area contributed by atoms with Gasteiger partial charge in [-0.2, -0.15) is 0 Å². The van der Waals surface area contributed by atoms with Crippen LogP contribution < -0.4 is 0 Å². The minimum atomic E-state index is -0.268. The lowest BCUT2D eigenvalue weighted by atomic mass is 10.0. The van der Waals surface area contributed by atoms with E-state index in [0.717, 1.165) is 16.9 Å². The first-order valence-electron chi connectivity index (χ1n) is 7.10. The van der Waals surface area contributed by atoms with Crippen LogP contribution >= 0.6 is 0 Å². The zero-order chi connectivity index (χ0) is 14.9. The van der Waals surface area contributed by atoms with Crippen LogP contribution in [0.3, 0.4) is 0 Å². The van der Waals surface area contributed by atoms with Gasteiger partial charge in [0.15, 0.2) is 0 Å². The summed E-state index contributed by atoms with van der Waals surface area (Å²) in [6.45, 7) is 0. The van der Waals surface area contributed by atoms with E-state index in [1.807, 2.05) is 36.5 Å². The third-order valence-electron chi connectivity index (χ3n) is 3.70. The van der Waals surface area contributed by atoms with Gasteiger partial charge >= 0.3 is 0 Å². The number of rotatable bonds is 2. The molecule has 4 rings (SSSR count). The molecule has 0 aliphatic rings. The maximum Gasteiger partial charge on any atom is 0.139 e. The summed E-state index contributed by atoms with van der Waals surface area (Å²) in [4.78, 5) is 4.52. The van der Waals surface area contributed by atoms with E-state index in [1.165, 1.54) is 23.4 Å². The Morgan fingerprint density at radius 3 is 2.14 bits per heavy atom. The number of nitrogens with zero attached hydrogens (tertiary/aromatic N) is 2. The molecule has 0 saturated heterocycles. The molecule has 0 aliphatic heterocycles. The molecule has 0 saturated carbocycles. The van der Waals surface area contributed by atoms with Crippen LogP contribution in [-0.4, -0.2) is 9.38 Å². The molecule has 4 aromatic rings. The fourth-order valence-electron chi connectivity index (χ4n) is 2.57. The van der Waals surface area contributed by atoms with Gasteiger partial charge in [-0.05, 0) is 23.3 Å². The van der Waals surface area contributed by atoms with Crippen molar-refractivity contribution in [3.63, 3.8) is 0 Å². The van der Waals surface area contributed by atoms with Crippen LogP contribution in [0.15, 0.2) is 79.1 Å². The molecule has 0 atom stereocenters. The Bertz CT molecular complexity index is 925. The van der Waals surface area contributed by atoms with E-state index in [-0.39, 0.29) is 5.82 Å². The highest BCUT2D eigenvalue weighted by molar-refractivity contribution is 5.69. The lowest BCUT2D eigenvalue weighted by Gasteiger charge is -2.02. The summed E-state index contributed by atoms with van der Waals surface area (Å²) in [6, 6.07) is 21.6. The van der Waals surface area contributed by atoms with Gasteiger partial charge in [-0.15, -0.1) is 0 Å². The lowest BCUT2D eigenvalue weighted by molar-refractivity contribution is 0.619. The monoisotopic (exact) mass is 288 g/mol. The van der Waals surface area contributed by atoms with E-state index >= 15 is 0 Å². The topological polar surface area (TPSA) is 17.3 Å². The molecule has 0 fully saturated rings. The predicted molar refractivity (Wildman–Crippen MR) is 86.0 cm³/mol. The summed E-state index contributed by atoms with van der Waals surface area (Å²) in [5, 5.41) is 0. The van der Waals surface area contributed by atoms with Gasteiger partial charge < -0.3 is 4.40 Å². The minimum Gasteiger partial charge on any atom is -0.304 e. The summed E-state index contributed by atoms with van der Waals surface area (Å²) < 4.78 is 14.9. The normalized spacial score (nSPS) is 11.0. The van der Waals surface area contributed by atoms with E-state index in [4.69, 9.17) is 0 Å². The number of aromatic nitrogens is 2. The lowest BCUT2D eigenvalue weighted by Crippen LogP contribution is -1.83. The zero-order valence-electron chi connectivity index (χ0n) is 11.8. The van der Waals surface area contributed by atoms with E-state index in [2.05, 4.69) is 29.2 Å². The van der Waals surface area contributed by atoms with Crippen molar-refractivity contribution in [2.75, 3.05) is 0 Å². The third-order valence-corrected chi connectivity index (χ3v) is 3.70. The highest BCUT2D eigenvalue weighted by atomic mass is 19.1. The number of hydrogen-bond donors (Lipinski definition) is 0. The van der Waals surface area contributed by atoms with E-state index in [0.29, 0.717) is 0 Å². The molecule has 2 nitrogen and oxygen atoms in total. The van der Waals surface area contributed by atoms with Crippen molar-refractivity contribution in [1.82, 2.24) is 9.38 Å². The molecule has 0 spiro atoms. The summed E-state index contributed by atoms with van der Waals surface area (Å²) in [5.74, 6) is -0.268. The average molecular weight is 288 g/mol. The largest absolute Gasteiger partial charge is 0.304 e. The molecule has 0 unspecified atom stereocenters. The average Bonchev–Trinajstić information content (AvgIpc) is 2.99. The Balaban J connectivity index is 1.73. The molecule has 22 heavy (non-hydrogen) atoms. The van der Waals surface area contributed by atoms with Gasteiger partial charge in [0.25, 0.3) is 0 Å². The number of fused-ring (bicyclic) bond motifs is 1. The predicted octanol–water partition coefficient (Wildman–Crippen LogP) is 4.81. The van der Waals surface area contributed by atoms with E-state index < -0.39 is 0 Å². The fraction of sp³-hybridized carbons (Fsp3) is 0. The van der Waals surface area contributed by atoms with E-state index in [9.17, 15) is 4.39 Å². The van der Waals surface area contributed by atoms with Crippen molar-refractivity contribution in [3.8, 4) is 22.4 Å². The van der Waals surface area contributed by atoms with Crippen LogP contribution in [0.25, 0.3) is 28.0 Å². The van der Waals surface area contributed by atoms with Crippen molar-refractivity contribution in [3.05, 3.63) is 84.9 Å². The number of halogens is 1. The molecule has 0 bridgehead atoms. The molecule has 0 radical (unpaired) electrons. The van der Waals surface area contributed by atoms with Crippen molar-refractivity contribution >= 4 is 5.65 Å². The number of benzene rings is 2. The first-order chi connectivity index (χ1) is 10.8. The second-order valence-corrected chi connectivity index (χ2v) is 5.18. The molecule has 0 amide bonds. The van der Waals surface area contributed by atoms with E-state index in [1.54, 1.807) is 10.5 Å². The van der Waals surface area contributed by atoms with Crippen LogP contribution in [0.2, 0.25) is 0 Å². The van der Waals surface area contributed by atoms with Crippen LogP contribution in [0.5, 0.6) is 0 Å². The third kappa shape index (κ3) is 2.27. The highest BCUT2D eigenvalue weighted by Crippen LogP contribution is 2.24. The van der Waals surface area contributed by atoms with Crippen LogP contribution in [0.1, 0.15) is 0 Å². The van der Waals surface area contributed by atoms with Gasteiger partial charge in [-0.25, -0.2) is 9.37 Å². The van der Waals surface area contributed by atoms with Crippen molar-refractivity contribution in [2.45, 2.75) is 0 Å². The SMILES string of the molecule is Fc1ccc2nc(-c3ccc(-c4ccccc4)cc3)cn2c1. The minimum absolute atomic E-state index is 0.268. The maximum absolute atomic E-state index is 13.2. The summed E-state index contributed by atoms with van der Waals surface area (Å²) in [7, 11) is 0. The summed E-state index contributed by atoms with van der Waals surface area (Å²) in [6.07, 6.45) is 3.28. The number of imidazole rings is 1. The molecule has 0 N–H and O–H groups in total. The summed E-state index contributed by atoms with van der Waals surface area (Å²) in [5.41, 5.74) is 4.95. The Morgan fingerprint density at radius 1 is 0.682 bits per heavy atom. The van der Waals surface area contributed by atoms with Gasteiger partial charge in [-0.1, -0.05) is 54.6 Å². The first-order valence-corrected chi connectivity index (χ1v) is 7.10. The summed E-state index contributed by atoms with van der Waals surface area (Å²) >= 11 is 0. The maximum atomic E-state index is 13.2. The Morgan fingerprint density at radius 2 is 1.36 bits per heavy atom. The first kappa shape index (κ1) is 12.8. The van der Waals surface area contributed by atoms with Crippen molar-refractivity contribution in [1.29, 1.82) is 0 Å². The standard InChI is InChI=1S/C19H13FN2/c20-17-10-11-19-21-18(13-22(19)12-17)16-8-6-15(7-9-16)14-4-2-1-3-5-14/h1-13H. The van der Waals surface area contributed by atoms with Gasteiger partial charge in [0, 0.05) is 18.0 Å². The number of pyridine rings is 1. The molecular formula is C19H13FN2. The highest BCUT2D eigenvalue weighted by Gasteiger charge is 2.05. The van der Waals surface area contributed by atoms with Crippen LogP contribution in [-0.2, 0) is 0 Å². The van der Waals surface area contributed by atoms with Gasteiger partial charge in [0.05, 0.1) is 5.69 Å². The fourth-order valence-corrected chi connectivity index (χ4v) is 2.57. The van der Waals surface area contributed by atoms with Crippen LogP contribution in [0, 0.1) is 5.82 Å². The second-order valence-electron chi connectivity index (χ2n) is 5.18. The molecule has 3 heteroatoms. The van der Waals surface area contributed by atoms with Gasteiger partial charge in [-0.3, -0.25) is 0 Å². The van der Waals surface area contributed by atoms with Gasteiger partial charge in [0.1, 0.15) is 11.5 Å². The molecular weight excluding hydrogens is 275 g/mol. The van der Waals surface area contributed by atoms with Crippen LogP contribution in [0.4, 0.5) is 4.39 Å². The van der Waals surface area contributed by atoms with Crippen molar-refractivity contribution < 1.29 is 4.39 Å². The molecule has 2 aromatic carbocycles. The Kier molecular flexibility index (Phi) is 2.97. The second kappa shape index (κ2) is 5.11. The Labute approximate surface area is 127 Å². The van der Waals surface area contributed by atoms with Crippen molar-refractivity contribution in [2.24, 2.45) is 0 Å². The molecule has 2 heterocycles. The smallest absolute Gasteiger partial charge is 0.139 e. The van der Waals surface area contributed by atoms with Gasteiger partial charge in [0.2, 0.25) is 0 Å². The number of hydrogen-bond acceptors (Lipinski definition) is 1. The molecule has 2 aromatic heterocycles. The zero-order valence-corrected chi connectivity index (χ0v) is 11.8. The Hall–Kier alpha value is -2.94.